The van der Waals surface area contributed by atoms with Gasteiger partial charge in [-0.05, 0) is 32.0 Å². The number of halogens is 1. The zero-order valence-corrected chi connectivity index (χ0v) is 14.4. The lowest BCUT2D eigenvalue weighted by Crippen LogP contribution is -2.37. The highest BCUT2D eigenvalue weighted by Crippen LogP contribution is 2.28. The first-order valence-electron chi connectivity index (χ1n) is 7.62. The molecule has 124 valence electrons. The summed E-state index contributed by atoms with van der Waals surface area (Å²) in [7, 11) is 1.51. The van der Waals surface area contributed by atoms with Gasteiger partial charge < -0.3 is 10.5 Å². The lowest BCUT2D eigenvalue weighted by Gasteiger charge is -2.21. The molecule has 0 aliphatic carbocycles. The van der Waals surface area contributed by atoms with Gasteiger partial charge in [-0.15, -0.1) is 0 Å². The molecular weight excluding hydrogens is 302 g/mol. The van der Waals surface area contributed by atoms with Crippen LogP contribution < -0.4 is 15.8 Å². The van der Waals surface area contributed by atoms with Gasteiger partial charge in [-0.1, -0.05) is 25.4 Å². The Bertz CT molecular complexity index is 489. The molecule has 0 bridgehead atoms. The van der Waals surface area contributed by atoms with Gasteiger partial charge >= 0.3 is 0 Å². The molecule has 3 N–H and O–H groups in total. The summed E-state index contributed by atoms with van der Waals surface area (Å²) in [4.78, 5) is 14.6. The third kappa shape index (κ3) is 5.48. The second-order valence-electron chi connectivity index (χ2n) is 5.20. The monoisotopic (exact) mass is 327 g/mol. The molecule has 0 aromatic heterocycles. The van der Waals surface area contributed by atoms with E-state index in [-0.39, 0.29) is 12.3 Å². The maximum atomic E-state index is 12.3. The maximum Gasteiger partial charge on any atom is 0.180 e. The number of nitrogens with two attached hydrogens (primary N) is 1. The van der Waals surface area contributed by atoms with Crippen molar-refractivity contribution in [2.75, 3.05) is 39.1 Å². The van der Waals surface area contributed by atoms with Crippen molar-refractivity contribution < 1.29 is 9.53 Å². The summed E-state index contributed by atoms with van der Waals surface area (Å²) in [5.41, 5.74) is 6.58. The lowest BCUT2D eigenvalue weighted by molar-refractivity contribution is 0.0980. The molecule has 6 heteroatoms. The molecule has 0 saturated carbocycles. The normalized spacial score (nSPS) is 11.0. The Morgan fingerprint density at radius 1 is 1.32 bits per heavy atom. The molecule has 0 atom stereocenters. The van der Waals surface area contributed by atoms with Crippen molar-refractivity contribution in [3.63, 3.8) is 0 Å². The molecule has 1 aromatic rings. The number of benzene rings is 1. The van der Waals surface area contributed by atoms with Gasteiger partial charge in [0.2, 0.25) is 0 Å². The highest BCUT2D eigenvalue weighted by molar-refractivity contribution is 6.33. The van der Waals surface area contributed by atoms with Gasteiger partial charge in [-0.25, -0.2) is 0 Å². The van der Waals surface area contributed by atoms with Crippen molar-refractivity contribution in [1.82, 2.24) is 10.2 Å². The van der Waals surface area contributed by atoms with Crippen LogP contribution in [-0.4, -0.2) is 44.1 Å². The van der Waals surface area contributed by atoms with E-state index < -0.39 is 0 Å². The molecule has 22 heavy (non-hydrogen) atoms. The molecule has 1 rings (SSSR count). The quantitative estimate of drug-likeness (QED) is 0.393. The van der Waals surface area contributed by atoms with Gasteiger partial charge in [-0.3, -0.25) is 15.0 Å². The first-order valence-corrected chi connectivity index (χ1v) is 8.00. The molecule has 0 fully saturated rings. The van der Waals surface area contributed by atoms with Gasteiger partial charge in [0.05, 0.1) is 29.9 Å². The first-order chi connectivity index (χ1) is 10.5. The number of carbonyl (C=O) groups excluding carboxylic acids is 1. The van der Waals surface area contributed by atoms with Crippen molar-refractivity contribution in [2.24, 2.45) is 0 Å². The van der Waals surface area contributed by atoms with Crippen molar-refractivity contribution in [1.29, 1.82) is 0 Å². The van der Waals surface area contributed by atoms with Crippen molar-refractivity contribution in [2.45, 2.75) is 26.7 Å². The molecule has 1 aromatic carbocycles. The van der Waals surface area contributed by atoms with Crippen LogP contribution in [0.1, 0.15) is 37.0 Å². The zero-order valence-electron chi connectivity index (χ0n) is 13.6. The van der Waals surface area contributed by atoms with Crippen LogP contribution in [0.25, 0.3) is 0 Å². The van der Waals surface area contributed by atoms with E-state index in [1.807, 2.05) is 0 Å². The van der Waals surface area contributed by atoms with Crippen LogP contribution in [0.2, 0.25) is 5.02 Å². The number of Topliss-reactive ketones (excluding diaryl/α,β-unsaturated/α-hetero) is 1. The summed E-state index contributed by atoms with van der Waals surface area (Å²) in [6, 6.07) is 3.14. The number of rotatable bonds is 10. The Kier molecular flexibility index (Phi) is 8.24. The SMILES string of the molecule is CCCN(CCC)CNCC(=O)c1cc(Cl)c(N)cc1OC. The highest BCUT2D eigenvalue weighted by Gasteiger charge is 2.15. The third-order valence-electron chi connectivity index (χ3n) is 3.32. The fourth-order valence-electron chi connectivity index (χ4n) is 2.28. The largest absolute Gasteiger partial charge is 0.496 e. The predicted molar refractivity (Wildman–Crippen MR) is 91.8 cm³/mol. The summed E-state index contributed by atoms with van der Waals surface area (Å²) < 4.78 is 5.21. The number of nitrogens with zero attached hydrogens (tertiary/aromatic N) is 1. The van der Waals surface area contributed by atoms with Gasteiger partial charge in [0, 0.05) is 12.7 Å². The number of carbonyl (C=O) groups is 1. The maximum absolute atomic E-state index is 12.3. The minimum Gasteiger partial charge on any atom is -0.496 e. The Morgan fingerprint density at radius 2 is 1.95 bits per heavy atom. The number of hydrogen-bond acceptors (Lipinski definition) is 5. The topological polar surface area (TPSA) is 67.6 Å². The zero-order chi connectivity index (χ0) is 16.5. The van der Waals surface area contributed by atoms with E-state index in [9.17, 15) is 4.79 Å². The van der Waals surface area contributed by atoms with Crippen molar-refractivity contribution in [3.05, 3.63) is 22.7 Å². The van der Waals surface area contributed by atoms with Crippen molar-refractivity contribution >= 4 is 23.1 Å². The van der Waals surface area contributed by atoms with Crippen LogP contribution in [0, 0.1) is 0 Å². The first kappa shape index (κ1) is 18.7. The Morgan fingerprint density at radius 3 is 2.50 bits per heavy atom. The van der Waals surface area contributed by atoms with Gasteiger partial charge in [0.25, 0.3) is 0 Å². The Balaban J connectivity index is 2.63. The third-order valence-corrected chi connectivity index (χ3v) is 3.65. The van der Waals surface area contributed by atoms with E-state index in [1.54, 1.807) is 12.1 Å². The molecule has 0 amide bonds. The van der Waals surface area contributed by atoms with Crippen LogP contribution in [0.15, 0.2) is 12.1 Å². The standard InChI is InChI=1S/C16H26ClN3O2/c1-4-6-20(7-5-2)11-19-10-15(21)12-8-13(17)14(18)9-16(12)22-3/h8-9,19H,4-7,10-11,18H2,1-3H3. The van der Waals surface area contributed by atoms with Crippen LogP contribution in [0.3, 0.4) is 0 Å². The molecule has 0 saturated heterocycles. The average molecular weight is 328 g/mol. The van der Waals surface area contributed by atoms with E-state index in [4.69, 9.17) is 22.1 Å². The number of nitrogen functional groups attached to an aromatic ring is 1. The summed E-state index contributed by atoms with van der Waals surface area (Å²) in [5, 5.41) is 3.55. The highest BCUT2D eigenvalue weighted by atomic mass is 35.5. The van der Waals surface area contributed by atoms with Crippen LogP contribution >= 0.6 is 11.6 Å². The molecule has 0 heterocycles. The number of anilines is 1. The minimum absolute atomic E-state index is 0.0632. The molecule has 0 radical (unpaired) electrons. The van der Waals surface area contributed by atoms with Crippen LogP contribution in [0.5, 0.6) is 5.75 Å². The van der Waals surface area contributed by atoms with Crippen molar-refractivity contribution in [3.8, 4) is 5.75 Å². The number of nitrogens with one attached hydrogen (secondary N) is 1. The van der Waals surface area contributed by atoms with Gasteiger partial charge in [0.15, 0.2) is 5.78 Å². The van der Waals surface area contributed by atoms with Crippen LogP contribution in [0.4, 0.5) is 5.69 Å². The molecule has 0 spiro atoms. The summed E-state index contributed by atoms with van der Waals surface area (Å²) in [5.74, 6) is 0.388. The van der Waals surface area contributed by atoms with E-state index in [0.717, 1.165) is 25.9 Å². The summed E-state index contributed by atoms with van der Waals surface area (Å²) in [6.07, 6.45) is 2.19. The predicted octanol–water partition coefficient (Wildman–Crippen LogP) is 2.78. The number of ketones is 1. The van der Waals surface area contributed by atoms with E-state index in [1.165, 1.54) is 7.11 Å². The minimum atomic E-state index is -0.0632. The Labute approximate surface area is 137 Å². The van der Waals surface area contributed by atoms with E-state index >= 15 is 0 Å². The summed E-state index contributed by atoms with van der Waals surface area (Å²) >= 11 is 5.99. The van der Waals surface area contributed by atoms with Gasteiger partial charge in [0.1, 0.15) is 5.75 Å². The smallest absolute Gasteiger partial charge is 0.180 e. The fraction of sp³-hybridized carbons (Fsp3) is 0.562. The van der Waals surface area contributed by atoms with Crippen LogP contribution in [-0.2, 0) is 0 Å². The molecular formula is C16H26ClN3O2. The fourth-order valence-corrected chi connectivity index (χ4v) is 2.44. The second kappa shape index (κ2) is 9.66. The molecule has 0 unspecified atom stereocenters. The van der Waals surface area contributed by atoms with Gasteiger partial charge in [-0.2, -0.15) is 0 Å². The number of ether oxygens (including phenoxy) is 1. The summed E-state index contributed by atoms with van der Waals surface area (Å²) in [6.45, 7) is 7.27. The number of methoxy groups -OCH3 is 1. The second-order valence-corrected chi connectivity index (χ2v) is 5.61. The van der Waals surface area contributed by atoms with E-state index in [2.05, 4.69) is 24.1 Å². The molecule has 5 nitrogen and oxygen atoms in total. The number of hydrogen-bond donors (Lipinski definition) is 2. The average Bonchev–Trinajstić information content (AvgIpc) is 2.49. The van der Waals surface area contributed by atoms with E-state index in [0.29, 0.717) is 28.7 Å². The molecule has 0 aliphatic rings. The molecule has 0 aliphatic heterocycles. The lowest BCUT2D eigenvalue weighted by atomic mass is 10.1. The Hall–Kier alpha value is -1.30.